The molecule has 3 aromatic rings. The molecule has 1 atom stereocenters. The second-order valence-electron chi connectivity index (χ2n) is 5.60. The van der Waals surface area contributed by atoms with Crippen molar-refractivity contribution in [1.82, 2.24) is 9.97 Å². The van der Waals surface area contributed by atoms with Crippen LogP contribution in [-0.2, 0) is 0 Å². The number of rotatable bonds is 4. The summed E-state index contributed by atoms with van der Waals surface area (Å²) in [6.45, 7) is 4.35. The van der Waals surface area contributed by atoms with Gasteiger partial charge in [0.15, 0.2) is 0 Å². The first-order valence-electron chi connectivity index (χ1n) is 7.53. The van der Waals surface area contributed by atoms with E-state index in [4.69, 9.17) is 0 Å². The Morgan fingerprint density at radius 2 is 1.91 bits per heavy atom. The highest BCUT2D eigenvalue weighted by molar-refractivity contribution is 5.52. The van der Waals surface area contributed by atoms with E-state index in [1.165, 1.54) is 22.3 Å². The first kappa shape index (κ1) is 14.4. The fraction of sp³-hybridized carbons (Fsp3) is 0.211. The van der Waals surface area contributed by atoms with Crippen molar-refractivity contribution >= 4 is 5.69 Å². The van der Waals surface area contributed by atoms with Crippen molar-refractivity contribution in [1.29, 1.82) is 0 Å². The molecule has 0 fully saturated rings. The van der Waals surface area contributed by atoms with Crippen molar-refractivity contribution in [2.24, 2.45) is 0 Å². The molecule has 0 radical (unpaired) electrons. The first-order valence-corrected chi connectivity index (χ1v) is 7.53. The summed E-state index contributed by atoms with van der Waals surface area (Å²) in [6, 6.07) is 15.0. The van der Waals surface area contributed by atoms with E-state index in [9.17, 15) is 0 Å². The minimum absolute atomic E-state index is 0.163. The largest absolute Gasteiger partial charge is 0.388 e. The van der Waals surface area contributed by atoms with E-state index in [1.54, 1.807) is 6.33 Å². The molecule has 0 bridgehead atoms. The summed E-state index contributed by atoms with van der Waals surface area (Å²) in [6.07, 6.45) is 3.66. The Morgan fingerprint density at radius 1 is 1.09 bits per heavy atom. The molecule has 1 aromatic heterocycles. The number of H-pyrrole nitrogens is 1. The molecule has 0 aliphatic heterocycles. The maximum atomic E-state index is 4.22. The van der Waals surface area contributed by atoms with E-state index in [1.807, 2.05) is 13.2 Å². The predicted octanol–water partition coefficient (Wildman–Crippen LogP) is 4.25. The van der Waals surface area contributed by atoms with Crippen molar-refractivity contribution in [2.45, 2.75) is 19.8 Å². The molecule has 3 rings (SSSR count). The van der Waals surface area contributed by atoms with E-state index in [0.717, 1.165) is 11.4 Å². The second kappa shape index (κ2) is 6.06. The van der Waals surface area contributed by atoms with Gasteiger partial charge in [-0.2, -0.15) is 0 Å². The Morgan fingerprint density at radius 3 is 2.64 bits per heavy atom. The smallest absolute Gasteiger partial charge is 0.0922 e. The molecular formula is C19H21N3. The lowest BCUT2D eigenvalue weighted by atomic mass is 9.85. The summed E-state index contributed by atoms with van der Waals surface area (Å²) in [5.74, 6) is 0.163. The zero-order valence-electron chi connectivity index (χ0n) is 13.2. The van der Waals surface area contributed by atoms with Gasteiger partial charge >= 0.3 is 0 Å². The third kappa shape index (κ3) is 2.62. The van der Waals surface area contributed by atoms with Gasteiger partial charge < -0.3 is 10.3 Å². The van der Waals surface area contributed by atoms with Crippen molar-refractivity contribution < 1.29 is 0 Å². The van der Waals surface area contributed by atoms with Gasteiger partial charge in [0.1, 0.15) is 0 Å². The number of imidazole rings is 1. The van der Waals surface area contributed by atoms with E-state index in [0.29, 0.717) is 0 Å². The molecule has 0 aliphatic rings. The quantitative estimate of drug-likeness (QED) is 0.754. The Bertz CT molecular complexity index is 760. The maximum absolute atomic E-state index is 4.22. The lowest BCUT2D eigenvalue weighted by Gasteiger charge is -2.20. The van der Waals surface area contributed by atoms with E-state index >= 15 is 0 Å². The summed E-state index contributed by atoms with van der Waals surface area (Å²) in [4.78, 5) is 7.50. The normalized spacial score (nSPS) is 12.1. The van der Waals surface area contributed by atoms with Crippen LogP contribution in [0.1, 0.15) is 33.9 Å². The number of anilines is 1. The lowest BCUT2D eigenvalue weighted by Crippen LogP contribution is -2.07. The van der Waals surface area contributed by atoms with Crippen LogP contribution in [0.25, 0.3) is 0 Å². The number of aromatic amines is 1. The number of benzene rings is 2. The third-order valence-electron chi connectivity index (χ3n) is 4.30. The van der Waals surface area contributed by atoms with Gasteiger partial charge in [0.05, 0.1) is 12.2 Å². The zero-order valence-corrected chi connectivity index (χ0v) is 13.2. The highest BCUT2D eigenvalue weighted by atomic mass is 14.9. The van der Waals surface area contributed by atoms with Crippen LogP contribution in [0.3, 0.4) is 0 Å². The van der Waals surface area contributed by atoms with E-state index < -0.39 is 0 Å². The van der Waals surface area contributed by atoms with Crippen LogP contribution >= 0.6 is 0 Å². The van der Waals surface area contributed by atoms with Crippen molar-refractivity contribution in [2.75, 3.05) is 12.4 Å². The van der Waals surface area contributed by atoms with Gasteiger partial charge in [-0.3, -0.25) is 0 Å². The average Bonchev–Trinajstić information content (AvgIpc) is 3.06. The molecule has 0 spiro atoms. The molecule has 1 heterocycles. The minimum Gasteiger partial charge on any atom is -0.388 e. The minimum atomic E-state index is 0.163. The molecule has 2 N–H and O–H groups in total. The predicted molar refractivity (Wildman–Crippen MR) is 91.4 cm³/mol. The number of aromatic nitrogens is 2. The van der Waals surface area contributed by atoms with Gasteiger partial charge in [0, 0.05) is 24.6 Å². The Labute approximate surface area is 131 Å². The van der Waals surface area contributed by atoms with Gasteiger partial charge in [0.2, 0.25) is 0 Å². The maximum Gasteiger partial charge on any atom is 0.0922 e. The molecule has 3 heteroatoms. The van der Waals surface area contributed by atoms with Crippen LogP contribution in [0.5, 0.6) is 0 Å². The van der Waals surface area contributed by atoms with Gasteiger partial charge in [-0.05, 0) is 48.2 Å². The van der Waals surface area contributed by atoms with Crippen LogP contribution in [0, 0.1) is 13.8 Å². The topological polar surface area (TPSA) is 40.7 Å². The summed E-state index contributed by atoms with van der Waals surface area (Å²) < 4.78 is 0. The fourth-order valence-corrected chi connectivity index (χ4v) is 2.91. The molecule has 22 heavy (non-hydrogen) atoms. The number of nitrogens with zero attached hydrogens (tertiary/aromatic N) is 1. The molecular weight excluding hydrogens is 270 g/mol. The summed E-state index contributed by atoms with van der Waals surface area (Å²) in [5.41, 5.74) is 7.44. The average molecular weight is 291 g/mol. The summed E-state index contributed by atoms with van der Waals surface area (Å²) in [7, 11) is 1.95. The van der Waals surface area contributed by atoms with Gasteiger partial charge in [0.25, 0.3) is 0 Å². The van der Waals surface area contributed by atoms with Gasteiger partial charge in [-0.1, -0.05) is 30.3 Å². The van der Waals surface area contributed by atoms with Crippen LogP contribution in [0.4, 0.5) is 5.69 Å². The second-order valence-corrected chi connectivity index (χ2v) is 5.60. The van der Waals surface area contributed by atoms with Crippen LogP contribution in [0.15, 0.2) is 55.0 Å². The monoisotopic (exact) mass is 291 g/mol. The Hall–Kier alpha value is -2.55. The van der Waals surface area contributed by atoms with Crippen LogP contribution in [0.2, 0.25) is 0 Å². The number of aryl methyl sites for hydroxylation is 1. The highest BCUT2D eigenvalue weighted by Crippen LogP contribution is 2.34. The summed E-state index contributed by atoms with van der Waals surface area (Å²) >= 11 is 0. The fourth-order valence-electron chi connectivity index (χ4n) is 2.91. The molecule has 0 saturated heterocycles. The van der Waals surface area contributed by atoms with Gasteiger partial charge in [-0.25, -0.2) is 4.98 Å². The third-order valence-corrected chi connectivity index (χ3v) is 4.30. The highest BCUT2D eigenvalue weighted by Gasteiger charge is 2.20. The molecule has 0 aliphatic carbocycles. The number of hydrogen-bond acceptors (Lipinski definition) is 2. The summed E-state index contributed by atoms with van der Waals surface area (Å²) in [5, 5.41) is 3.22. The molecule has 0 saturated carbocycles. The van der Waals surface area contributed by atoms with Crippen molar-refractivity contribution in [3.8, 4) is 0 Å². The van der Waals surface area contributed by atoms with E-state index in [-0.39, 0.29) is 5.92 Å². The van der Waals surface area contributed by atoms with Crippen LogP contribution in [-0.4, -0.2) is 17.0 Å². The SMILES string of the molecule is CNc1cccc(C(c2cnc[nH]2)c2cccc(C)c2C)c1. The van der Waals surface area contributed by atoms with Crippen molar-refractivity contribution in [3.63, 3.8) is 0 Å². The van der Waals surface area contributed by atoms with Crippen LogP contribution < -0.4 is 5.32 Å². The van der Waals surface area contributed by atoms with Crippen molar-refractivity contribution in [3.05, 3.63) is 82.9 Å². The standard InChI is InChI=1S/C19H21N3/c1-13-6-4-9-17(14(13)2)19(18-11-21-12-22-18)15-7-5-8-16(10-15)20-3/h4-12,19-20H,1-3H3,(H,21,22). The van der Waals surface area contributed by atoms with E-state index in [2.05, 4.69) is 71.6 Å². The molecule has 3 nitrogen and oxygen atoms in total. The number of nitrogens with one attached hydrogen (secondary N) is 2. The Kier molecular flexibility index (Phi) is 3.96. The molecule has 2 aromatic carbocycles. The lowest BCUT2D eigenvalue weighted by molar-refractivity contribution is 0.918. The molecule has 1 unspecified atom stereocenters. The molecule has 112 valence electrons. The first-order chi connectivity index (χ1) is 10.7. The van der Waals surface area contributed by atoms with Gasteiger partial charge in [-0.15, -0.1) is 0 Å². The zero-order chi connectivity index (χ0) is 15.5. The number of hydrogen-bond donors (Lipinski definition) is 2. The molecule has 0 amide bonds. The Balaban J connectivity index is 2.18.